The zero-order valence-electron chi connectivity index (χ0n) is 11.1. The first-order valence-electron chi connectivity index (χ1n) is 6.22. The van der Waals surface area contributed by atoms with Crippen molar-refractivity contribution >= 4 is 11.6 Å². The Hall–Kier alpha value is -1.52. The van der Waals surface area contributed by atoms with E-state index >= 15 is 0 Å². The Morgan fingerprint density at radius 3 is 2.84 bits per heavy atom. The van der Waals surface area contributed by atoms with Gasteiger partial charge in [-0.25, -0.2) is 4.98 Å². The maximum absolute atomic E-state index is 6.16. The second-order valence-electron chi connectivity index (χ2n) is 4.53. The molecular weight excluding hydrogens is 262 g/mol. The van der Waals surface area contributed by atoms with Crippen LogP contribution in [0, 0.1) is 0 Å². The van der Waals surface area contributed by atoms with Crippen molar-refractivity contribution in [3.8, 4) is 5.75 Å². The molecule has 0 aliphatic heterocycles. The van der Waals surface area contributed by atoms with Gasteiger partial charge in [-0.2, -0.15) is 0 Å². The number of nitrogens with two attached hydrogens (primary N) is 1. The largest absolute Gasteiger partial charge is 0.492 e. The molecule has 0 bridgehead atoms. The van der Waals surface area contributed by atoms with Gasteiger partial charge in [-0.15, -0.1) is 0 Å². The molecule has 5 heteroatoms. The lowest BCUT2D eigenvalue weighted by Crippen LogP contribution is -2.07. The van der Waals surface area contributed by atoms with Crippen LogP contribution in [0.15, 0.2) is 30.6 Å². The van der Waals surface area contributed by atoms with Crippen LogP contribution in [0.1, 0.15) is 24.4 Å². The van der Waals surface area contributed by atoms with Crippen molar-refractivity contribution in [2.75, 3.05) is 6.61 Å². The lowest BCUT2D eigenvalue weighted by Gasteiger charge is -2.11. The molecule has 0 saturated carbocycles. The summed E-state index contributed by atoms with van der Waals surface area (Å²) in [5.74, 6) is 1.67. The summed E-state index contributed by atoms with van der Waals surface area (Å²) < 4.78 is 7.65. The van der Waals surface area contributed by atoms with Gasteiger partial charge in [0, 0.05) is 31.9 Å². The molecule has 1 aromatic heterocycles. The normalized spacial score (nSPS) is 12.4. The molecule has 0 spiro atoms. The quantitative estimate of drug-likeness (QED) is 0.916. The molecule has 1 atom stereocenters. The number of halogens is 1. The topological polar surface area (TPSA) is 53.1 Å². The lowest BCUT2D eigenvalue weighted by atomic mass is 10.1. The first kappa shape index (κ1) is 13.9. The van der Waals surface area contributed by atoms with Crippen LogP contribution < -0.4 is 10.5 Å². The van der Waals surface area contributed by atoms with Crippen LogP contribution in [0.3, 0.4) is 0 Å². The van der Waals surface area contributed by atoms with Gasteiger partial charge in [0.25, 0.3) is 0 Å². The van der Waals surface area contributed by atoms with E-state index in [-0.39, 0.29) is 6.04 Å². The molecule has 0 fully saturated rings. The molecule has 0 amide bonds. The minimum Gasteiger partial charge on any atom is -0.492 e. The summed E-state index contributed by atoms with van der Waals surface area (Å²) in [5, 5.41) is 0.592. The maximum atomic E-state index is 6.16. The number of hydrogen-bond acceptors (Lipinski definition) is 3. The number of rotatable bonds is 5. The van der Waals surface area contributed by atoms with Crippen molar-refractivity contribution in [1.82, 2.24) is 9.55 Å². The van der Waals surface area contributed by atoms with Gasteiger partial charge in [-0.3, -0.25) is 0 Å². The van der Waals surface area contributed by atoms with Crippen molar-refractivity contribution < 1.29 is 4.74 Å². The van der Waals surface area contributed by atoms with E-state index in [1.54, 1.807) is 6.20 Å². The highest BCUT2D eigenvalue weighted by Gasteiger charge is 2.06. The van der Waals surface area contributed by atoms with Crippen molar-refractivity contribution in [1.29, 1.82) is 0 Å². The molecule has 0 aliphatic rings. The van der Waals surface area contributed by atoms with Crippen molar-refractivity contribution in [3.63, 3.8) is 0 Å². The predicted octanol–water partition coefficient (Wildman–Crippen LogP) is 2.71. The molecule has 1 aromatic carbocycles. The molecule has 0 radical (unpaired) electrons. The summed E-state index contributed by atoms with van der Waals surface area (Å²) in [5.41, 5.74) is 6.80. The Balaban J connectivity index is 1.95. The van der Waals surface area contributed by atoms with E-state index in [0.717, 1.165) is 17.8 Å². The van der Waals surface area contributed by atoms with Crippen LogP contribution in [0.4, 0.5) is 0 Å². The Kier molecular flexibility index (Phi) is 4.45. The Morgan fingerprint density at radius 2 is 2.26 bits per heavy atom. The third-order valence-corrected chi connectivity index (χ3v) is 3.28. The highest BCUT2D eigenvalue weighted by molar-refractivity contribution is 6.32. The monoisotopic (exact) mass is 279 g/mol. The minimum atomic E-state index is -0.0286. The zero-order chi connectivity index (χ0) is 13.8. The number of nitrogens with zero attached hydrogens (tertiary/aromatic N) is 2. The summed E-state index contributed by atoms with van der Waals surface area (Å²) in [7, 11) is 1.97. The molecule has 19 heavy (non-hydrogen) atoms. The average Bonchev–Trinajstić information content (AvgIpc) is 2.77. The van der Waals surface area contributed by atoms with Crippen LogP contribution in [0.2, 0.25) is 5.02 Å². The van der Waals surface area contributed by atoms with E-state index in [1.165, 1.54) is 0 Å². The molecule has 2 rings (SSSR count). The Labute approximate surface area is 118 Å². The van der Waals surface area contributed by atoms with E-state index in [4.69, 9.17) is 22.1 Å². The van der Waals surface area contributed by atoms with E-state index in [2.05, 4.69) is 4.98 Å². The molecule has 2 N–H and O–H groups in total. The third-order valence-electron chi connectivity index (χ3n) is 2.99. The molecular formula is C14H18ClN3O. The second-order valence-corrected chi connectivity index (χ2v) is 4.94. The SMILES string of the molecule is C[C@@H](N)c1ccc(OCCc2nccn2C)c(Cl)c1. The maximum Gasteiger partial charge on any atom is 0.137 e. The summed E-state index contributed by atoms with van der Waals surface area (Å²) in [6.45, 7) is 2.47. The van der Waals surface area contributed by atoms with Crippen LogP contribution in [0.5, 0.6) is 5.75 Å². The molecule has 0 unspecified atom stereocenters. The summed E-state index contributed by atoms with van der Waals surface area (Å²) >= 11 is 6.16. The summed E-state index contributed by atoms with van der Waals surface area (Å²) in [4.78, 5) is 4.24. The summed E-state index contributed by atoms with van der Waals surface area (Å²) in [6, 6.07) is 5.62. The number of aromatic nitrogens is 2. The number of benzene rings is 1. The first-order valence-corrected chi connectivity index (χ1v) is 6.59. The smallest absolute Gasteiger partial charge is 0.137 e. The van der Waals surface area contributed by atoms with Gasteiger partial charge in [0.15, 0.2) is 0 Å². The number of ether oxygens (including phenoxy) is 1. The number of imidazole rings is 1. The number of aryl methyl sites for hydroxylation is 1. The van der Waals surface area contributed by atoms with Crippen LogP contribution in [-0.2, 0) is 13.5 Å². The van der Waals surface area contributed by atoms with Gasteiger partial charge in [0.2, 0.25) is 0 Å². The van der Waals surface area contributed by atoms with Crippen LogP contribution >= 0.6 is 11.6 Å². The van der Waals surface area contributed by atoms with E-state index < -0.39 is 0 Å². The van der Waals surface area contributed by atoms with Gasteiger partial charge in [0.05, 0.1) is 11.6 Å². The Bertz CT molecular complexity index is 551. The fourth-order valence-corrected chi connectivity index (χ4v) is 2.05. The van der Waals surface area contributed by atoms with Crippen molar-refractivity contribution in [2.24, 2.45) is 12.8 Å². The standard InChI is InChI=1S/C14H18ClN3O/c1-10(16)11-3-4-13(12(15)9-11)19-8-5-14-17-6-7-18(14)2/h3-4,6-7,9-10H,5,8,16H2,1-2H3/t10-/m1/s1. The third kappa shape index (κ3) is 3.49. The molecule has 1 heterocycles. The first-order chi connectivity index (χ1) is 9.08. The van der Waals surface area contributed by atoms with Gasteiger partial charge < -0.3 is 15.0 Å². The van der Waals surface area contributed by atoms with Gasteiger partial charge in [-0.1, -0.05) is 17.7 Å². The molecule has 4 nitrogen and oxygen atoms in total. The molecule has 2 aromatic rings. The highest BCUT2D eigenvalue weighted by Crippen LogP contribution is 2.27. The van der Waals surface area contributed by atoms with Crippen LogP contribution in [0.25, 0.3) is 0 Å². The predicted molar refractivity (Wildman–Crippen MR) is 76.5 cm³/mol. The van der Waals surface area contributed by atoms with Crippen molar-refractivity contribution in [3.05, 3.63) is 47.0 Å². The minimum absolute atomic E-state index is 0.0286. The zero-order valence-corrected chi connectivity index (χ0v) is 11.9. The molecule has 0 saturated heterocycles. The van der Waals surface area contributed by atoms with Gasteiger partial charge in [0.1, 0.15) is 11.6 Å². The molecule has 102 valence electrons. The van der Waals surface area contributed by atoms with Gasteiger partial charge in [-0.05, 0) is 24.6 Å². The Morgan fingerprint density at radius 1 is 1.47 bits per heavy atom. The fourth-order valence-electron chi connectivity index (χ4n) is 1.81. The second kappa shape index (κ2) is 6.08. The lowest BCUT2D eigenvalue weighted by molar-refractivity contribution is 0.317. The summed E-state index contributed by atoms with van der Waals surface area (Å²) in [6.07, 6.45) is 4.44. The van der Waals surface area contributed by atoms with Crippen LogP contribution in [-0.4, -0.2) is 16.2 Å². The van der Waals surface area contributed by atoms with Gasteiger partial charge >= 0.3 is 0 Å². The van der Waals surface area contributed by atoms with E-state index in [0.29, 0.717) is 17.4 Å². The average molecular weight is 280 g/mol. The molecule has 0 aliphatic carbocycles. The highest BCUT2D eigenvalue weighted by atomic mass is 35.5. The van der Waals surface area contributed by atoms with E-state index in [9.17, 15) is 0 Å². The fraction of sp³-hybridized carbons (Fsp3) is 0.357. The van der Waals surface area contributed by atoms with E-state index in [1.807, 2.05) is 42.9 Å². The number of hydrogen-bond donors (Lipinski definition) is 1. The van der Waals surface area contributed by atoms with Crippen molar-refractivity contribution in [2.45, 2.75) is 19.4 Å².